The molecule has 0 bridgehead atoms. The minimum atomic E-state index is -4.54. The van der Waals surface area contributed by atoms with Crippen molar-refractivity contribution < 1.29 is 18.0 Å². The second kappa shape index (κ2) is 6.78. The van der Waals surface area contributed by atoms with Crippen LogP contribution in [0.3, 0.4) is 0 Å². The molecule has 1 heterocycles. The standard InChI is InChI=1S/C17H19F3N4O/c1-11-10-15(24(23-11)12-6-2-3-7-12)22-16(25)21-14-9-5-4-8-13(14)17(18,19)20/h4-5,8-10,12H,2-3,6-7H2,1H3,(H2,21,22,25). The summed E-state index contributed by atoms with van der Waals surface area (Å²) < 4.78 is 40.8. The quantitative estimate of drug-likeness (QED) is 0.819. The summed E-state index contributed by atoms with van der Waals surface area (Å²) in [6, 6.07) is 6.09. The highest BCUT2D eigenvalue weighted by Gasteiger charge is 2.33. The Labute approximate surface area is 143 Å². The number of carbonyl (C=O) groups excluding carboxylic acids is 1. The van der Waals surface area contributed by atoms with Crippen molar-refractivity contribution in [3.63, 3.8) is 0 Å². The number of urea groups is 1. The average Bonchev–Trinajstić information content (AvgIpc) is 3.16. The third-order valence-corrected chi connectivity index (χ3v) is 4.25. The van der Waals surface area contributed by atoms with Gasteiger partial charge in [0.15, 0.2) is 0 Å². The van der Waals surface area contributed by atoms with Crippen LogP contribution >= 0.6 is 0 Å². The molecule has 0 spiro atoms. The lowest BCUT2D eigenvalue weighted by molar-refractivity contribution is -0.136. The highest BCUT2D eigenvalue weighted by Crippen LogP contribution is 2.35. The number of nitrogens with zero attached hydrogens (tertiary/aromatic N) is 2. The molecule has 2 N–H and O–H groups in total. The van der Waals surface area contributed by atoms with E-state index in [-0.39, 0.29) is 11.7 Å². The van der Waals surface area contributed by atoms with Crippen LogP contribution in [0.5, 0.6) is 0 Å². The molecule has 0 unspecified atom stereocenters. The number of anilines is 2. The Bertz CT molecular complexity index is 763. The van der Waals surface area contributed by atoms with Crippen molar-refractivity contribution in [2.24, 2.45) is 0 Å². The van der Waals surface area contributed by atoms with Crippen molar-refractivity contribution >= 4 is 17.5 Å². The Kier molecular flexibility index (Phi) is 4.69. The number of aromatic nitrogens is 2. The topological polar surface area (TPSA) is 59.0 Å². The molecular weight excluding hydrogens is 333 g/mol. The summed E-state index contributed by atoms with van der Waals surface area (Å²) in [6.45, 7) is 1.81. The van der Waals surface area contributed by atoms with E-state index in [0.29, 0.717) is 5.82 Å². The van der Waals surface area contributed by atoms with Crippen molar-refractivity contribution in [3.8, 4) is 0 Å². The van der Waals surface area contributed by atoms with Gasteiger partial charge in [0.2, 0.25) is 0 Å². The molecule has 0 aliphatic heterocycles. The summed E-state index contributed by atoms with van der Waals surface area (Å²) in [5.74, 6) is 0.492. The molecule has 3 rings (SSSR count). The van der Waals surface area contributed by atoms with Crippen LogP contribution in [-0.4, -0.2) is 15.8 Å². The van der Waals surface area contributed by atoms with Gasteiger partial charge in [0.1, 0.15) is 5.82 Å². The van der Waals surface area contributed by atoms with Gasteiger partial charge in [0, 0.05) is 6.07 Å². The van der Waals surface area contributed by atoms with Crippen molar-refractivity contribution in [3.05, 3.63) is 41.6 Å². The summed E-state index contributed by atoms with van der Waals surface area (Å²) in [5, 5.41) is 9.30. The maximum atomic E-state index is 13.0. The first kappa shape index (κ1) is 17.3. The molecule has 1 aliphatic carbocycles. The molecule has 0 radical (unpaired) electrons. The van der Waals surface area contributed by atoms with Gasteiger partial charge >= 0.3 is 12.2 Å². The zero-order chi connectivity index (χ0) is 18.0. The predicted molar refractivity (Wildman–Crippen MR) is 88.6 cm³/mol. The zero-order valence-electron chi connectivity index (χ0n) is 13.7. The Morgan fingerprint density at radius 3 is 2.56 bits per heavy atom. The summed E-state index contributed by atoms with van der Waals surface area (Å²) in [6.07, 6.45) is -0.364. The van der Waals surface area contributed by atoms with Crippen molar-refractivity contribution in [2.75, 3.05) is 10.6 Å². The maximum absolute atomic E-state index is 13.0. The SMILES string of the molecule is Cc1cc(NC(=O)Nc2ccccc2C(F)(F)F)n(C2CCCC2)n1. The lowest BCUT2D eigenvalue weighted by Crippen LogP contribution is -2.24. The molecule has 0 atom stereocenters. The molecule has 1 saturated carbocycles. The third-order valence-electron chi connectivity index (χ3n) is 4.25. The number of benzene rings is 1. The Hall–Kier alpha value is -2.51. The summed E-state index contributed by atoms with van der Waals surface area (Å²) in [5.41, 5.74) is -0.417. The van der Waals surface area contributed by atoms with Gasteiger partial charge in [-0.05, 0) is 31.9 Å². The number of halogens is 3. The van der Waals surface area contributed by atoms with E-state index in [1.165, 1.54) is 18.2 Å². The smallest absolute Gasteiger partial charge is 0.307 e. The molecule has 25 heavy (non-hydrogen) atoms. The molecule has 2 amide bonds. The van der Waals surface area contributed by atoms with Crippen LogP contribution in [0.1, 0.15) is 43.0 Å². The van der Waals surface area contributed by atoms with Crippen LogP contribution in [0.15, 0.2) is 30.3 Å². The first-order valence-corrected chi connectivity index (χ1v) is 8.15. The van der Waals surface area contributed by atoms with E-state index in [1.54, 1.807) is 10.7 Å². The van der Waals surface area contributed by atoms with Gasteiger partial charge in [-0.2, -0.15) is 18.3 Å². The molecule has 1 aliphatic rings. The van der Waals surface area contributed by atoms with E-state index in [0.717, 1.165) is 37.4 Å². The summed E-state index contributed by atoms with van der Waals surface area (Å²) in [4.78, 5) is 12.2. The van der Waals surface area contributed by atoms with Crippen LogP contribution in [-0.2, 0) is 6.18 Å². The van der Waals surface area contributed by atoms with Gasteiger partial charge in [-0.3, -0.25) is 5.32 Å². The summed E-state index contributed by atoms with van der Waals surface area (Å²) >= 11 is 0. The molecule has 134 valence electrons. The van der Waals surface area contributed by atoms with E-state index in [2.05, 4.69) is 15.7 Å². The fraction of sp³-hybridized carbons (Fsp3) is 0.412. The zero-order valence-corrected chi connectivity index (χ0v) is 13.7. The minimum absolute atomic E-state index is 0.214. The van der Waals surface area contributed by atoms with E-state index >= 15 is 0 Å². The molecular formula is C17H19F3N4O. The molecule has 1 fully saturated rings. The number of hydrogen-bond donors (Lipinski definition) is 2. The van der Waals surface area contributed by atoms with E-state index < -0.39 is 17.8 Å². The van der Waals surface area contributed by atoms with Gasteiger partial charge in [0.05, 0.1) is 23.0 Å². The number of carbonyl (C=O) groups is 1. The normalized spacial score (nSPS) is 15.4. The number of hydrogen-bond acceptors (Lipinski definition) is 2. The highest BCUT2D eigenvalue weighted by molar-refractivity contribution is 5.99. The largest absolute Gasteiger partial charge is 0.418 e. The number of aryl methyl sites for hydroxylation is 1. The lowest BCUT2D eigenvalue weighted by atomic mass is 10.1. The second-order valence-electron chi connectivity index (χ2n) is 6.18. The Balaban J connectivity index is 1.76. The van der Waals surface area contributed by atoms with E-state index in [4.69, 9.17) is 0 Å². The first-order valence-electron chi connectivity index (χ1n) is 8.15. The van der Waals surface area contributed by atoms with Gasteiger partial charge < -0.3 is 5.32 Å². The molecule has 0 saturated heterocycles. The molecule has 1 aromatic carbocycles. The fourth-order valence-corrected chi connectivity index (χ4v) is 3.15. The number of alkyl halides is 3. The van der Waals surface area contributed by atoms with Gasteiger partial charge in [-0.1, -0.05) is 25.0 Å². The molecule has 5 nitrogen and oxygen atoms in total. The molecule has 8 heteroatoms. The van der Waals surface area contributed by atoms with Crippen LogP contribution in [0, 0.1) is 6.92 Å². The van der Waals surface area contributed by atoms with Gasteiger partial charge in [-0.25, -0.2) is 9.48 Å². The number of rotatable bonds is 3. The predicted octanol–water partition coefficient (Wildman–Crippen LogP) is 4.97. The number of amides is 2. The van der Waals surface area contributed by atoms with Crippen LogP contribution in [0.2, 0.25) is 0 Å². The Morgan fingerprint density at radius 1 is 1.20 bits per heavy atom. The van der Waals surface area contributed by atoms with Crippen molar-refractivity contribution in [2.45, 2.75) is 44.8 Å². The lowest BCUT2D eigenvalue weighted by Gasteiger charge is -2.16. The third kappa shape index (κ3) is 3.94. The van der Waals surface area contributed by atoms with Crippen LogP contribution < -0.4 is 10.6 Å². The highest BCUT2D eigenvalue weighted by atomic mass is 19.4. The molecule has 1 aromatic heterocycles. The van der Waals surface area contributed by atoms with Gasteiger partial charge in [-0.15, -0.1) is 0 Å². The Morgan fingerprint density at radius 2 is 1.88 bits per heavy atom. The number of nitrogens with one attached hydrogen (secondary N) is 2. The average molecular weight is 352 g/mol. The van der Waals surface area contributed by atoms with Crippen LogP contribution in [0.4, 0.5) is 29.5 Å². The van der Waals surface area contributed by atoms with E-state index in [9.17, 15) is 18.0 Å². The molecule has 2 aromatic rings. The van der Waals surface area contributed by atoms with Crippen LogP contribution in [0.25, 0.3) is 0 Å². The minimum Gasteiger partial charge on any atom is -0.307 e. The maximum Gasteiger partial charge on any atom is 0.418 e. The van der Waals surface area contributed by atoms with Crippen molar-refractivity contribution in [1.82, 2.24) is 9.78 Å². The van der Waals surface area contributed by atoms with Crippen molar-refractivity contribution in [1.29, 1.82) is 0 Å². The summed E-state index contributed by atoms with van der Waals surface area (Å²) in [7, 11) is 0. The van der Waals surface area contributed by atoms with Gasteiger partial charge in [0.25, 0.3) is 0 Å². The number of para-hydroxylation sites is 1. The monoisotopic (exact) mass is 352 g/mol. The fourth-order valence-electron chi connectivity index (χ4n) is 3.15. The second-order valence-corrected chi connectivity index (χ2v) is 6.18. The first-order chi connectivity index (χ1) is 11.8. The van der Waals surface area contributed by atoms with E-state index in [1.807, 2.05) is 6.92 Å².